The maximum atomic E-state index is 11.9. The van der Waals surface area contributed by atoms with Crippen LogP contribution in [0.4, 0.5) is 0 Å². The average Bonchev–Trinajstić information content (AvgIpc) is 2.74. The van der Waals surface area contributed by atoms with Crippen LogP contribution in [0.3, 0.4) is 0 Å². The van der Waals surface area contributed by atoms with E-state index in [0.29, 0.717) is 23.1 Å². The third kappa shape index (κ3) is 3.08. The number of Topliss-reactive ketones (excluding diaryl/α,β-unsaturated/α-hetero) is 1. The van der Waals surface area contributed by atoms with Gasteiger partial charge in [-0.2, -0.15) is 0 Å². The second-order valence-corrected chi connectivity index (χ2v) is 5.07. The van der Waals surface area contributed by atoms with Crippen LogP contribution in [0, 0.1) is 5.92 Å². The Kier molecular flexibility index (Phi) is 4.00. The summed E-state index contributed by atoms with van der Waals surface area (Å²) in [7, 11) is 0. The van der Waals surface area contributed by atoms with Crippen LogP contribution in [0.2, 0.25) is 5.02 Å². The molecule has 0 N–H and O–H groups in total. The Labute approximate surface area is 102 Å². The lowest BCUT2D eigenvalue weighted by Gasteiger charge is -2.08. The summed E-state index contributed by atoms with van der Waals surface area (Å²) in [4.78, 5) is 11.9. The van der Waals surface area contributed by atoms with Crippen LogP contribution in [0.25, 0.3) is 0 Å². The van der Waals surface area contributed by atoms with E-state index in [1.165, 1.54) is 25.7 Å². The fourth-order valence-electron chi connectivity index (χ4n) is 2.46. The zero-order valence-electron chi connectivity index (χ0n) is 9.42. The average molecular weight is 237 g/mol. The van der Waals surface area contributed by atoms with Gasteiger partial charge in [-0.3, -0.25) is 4.79 Å². The number of hydrogen-bond acceptors (Lipinski definition) is 1. The summed E-state index contributed by atoms with van der Waals surface area (Å²) in [5.41, 5.74) is 0.965. The Balaban J connectivity index is 1.89. The molecule has 0 aromatic heterocycles. The van der Waals surface area contributed by atoms with Gasteiger partial charge in [0.05, 0.1) is 0 Å². The van der Waals surface area contributed by atoms with Gasteiger partial charge in [-0.15, -0.1) is 0 Å². The van der Waals surface area contributed by atoms with Crippen molar-refractivity contribution in [2.45, 2.75) is 38.5 Å². The van der Waals surface area contributed by atoms with E-state index in [-0.39, 0.29) is 0 Å². The molecule has 1 fully saturated rings. The Morgan fingerprint density at radius 2 is 1.94 bits per heavy atom. The maximum Gasteiger partial charge on any atom is 0.137 e. The summed E-state index contributed by atoms with van der Waals surface area (Å²) >= 11 is 6.03. The van der Waals surface area contributed by atoms with Gasteiger partial charge in [-0.05, 0) is 17.5 Å². The van der Waals surface area contributed by atoms with E-state index in [4.69, 9.17) is 11.6 Å². The summed E-state index contributed by atoms with van der Waals surface area (Å²) < 4.78 is 0. The molecule has 0 radical (unpaired) electrons. The number of benzene rings is 1. The Bertz CT molecular complexity index is 367. The minimum absolute atomic E-state index is 0.333. The molecule has 0 spiro atoms. The molecule has 0 saturated heterocycles. The molecule has 1 aromatic carbocycles. The second kappa shape index (κ2) is 5.49. The van der Waals surface area contributed by atoms with Crippen LogP contribution in [-0.2, 0) is 11.2 Å². The predicted molar refractivity (Wildman–Crippen MR) is 66.7 cm³/mol. The van der Waals surface area contributed by atoms with Crippen LogP contribution in [-0.4, -0.2) is 5.78 Å². The van der Waals surface area contributed by atoms with Crippen molar-refractivity contribution < 1.29 is 4.79 Å². The molecule has 0 unspecified atom stereocenters. The summed E-state index contributed by atoms with van der Waals surface area (Å²) in [5, 5.41) is 0.710. The third-order valence-electron chi connectivity index (χ3n) is 3.34. The lowest BCUT2D eigenvalue weighted by molar-refractivity contribution is -0.119. The number of hydrogen-bond donors (Lipinski definition) is 0. The van der Waals surface area contributed by atoms with E-state index in [0.717, 1.165) is 12.0 Å². The number of carbonyl (C=O) groups excluding carboxylic acids is 1. The standard InChI is InChI=1S/C14H17ClO/c15-14-8-4-3-7-12(14)10-13(16)9-11-5-1-2-6-11/h3-4,7-8,11H,1-2,5-6,9-10H2. The van der Waals surface area contributed by atoms with Gasteiger partial charge in [0.2, 0.25) is 0 Å². The fourth-order valence-corrected chi connectivity index (χ4v) is 2.67. The van der Waals surface area contributed by atoms with Gasteiger partial charge in [0.1, 0.15) is 5.78 Å². The molecular weight excluding hydrogens is 220 g/mol. The number of ketones is 1. The Morgan fingerprint density at radius 3 is 2.62 bits per heavy atom. The molecule has 1 aromatic rings. The van der Waals surface area contributed by atoms with E-state index >= 15 is 0 Å². The Hall–Kier alpha value is -0.820. The topological polar surface area (TPSA) is 17.1 Å². The highest BCUT2D eigenvalue weighted by molar-refractivity contribution is 6.31. The van der Waals surface area contributed by atoms with Crippen molar-refractivity contribution in [3.8, 4) is 0 Å². The fraction of sp³-hybridized carbons (Fsp3) is 0.500. The highest BCUT2D eigenvalue weighted by atomic mass is 35.5. The number of halogens is 1. The molecule has 16 heavy (non-hydrogen) atoms. The van der Waals surface area contributed by atoms with Gasteiger partial charge in [0, 0.05) is 17.9 Å². The zero-order valence-corrected chi connectivity index (χ0v) is 10.2. The van der Waals surface area contributed by atoms with E-state index in [1.54, 1.807) is 0 Å². The van der Waals surface area contributed by atoms with Crippen LogP contribution in [0.15, 0.2) is 24.3 Å². The van der Waals surface area contributed by atoms with Crippen molar-refractivity contribution in [1.29, 1.82) is 0 Å². The lowest BCUT2D eigenvalue weighted by Crippen LogP contribution is -2.08. The van der Waals surface area contributed by atoms with E-state index in [9.17, 15) is 4.79 Å². The summed E-state index contributed by atoms with van der Waals surface area (Å²) in [6, 6.07) is 7.62. The SMILES string of the molecule is O=C(Cc1ccccc1Cl)CC1CCCC1. The van der Waals surface area contributed by atoms with E-state index in [1.807, 2.05) is 24.3 Å². The van der Waals surface area contributed by atoms with E-state index in [2.05, 4.69) is 0 Å². The van der Waals surface area contributed by atoms with Crippen LogP contribution in [0.5, 0.6) is 0 Å². The first kappa shape index (κ1) is 11.7. The first-order valence-corrected chi connectivity index (χ1v) is 6.38. The smallest absolute Gasteiger partial charge is 0.137 e. The molecule has 1 aliphatic rings. The van der Waals surface area contributed by atoms with Crippen LogP contribution >= 0.6 is 11.6 Å². The van der Waals surface area contributed by atoms with Gasteiger partial charge < -0.3 is 0 Å². The zero-order chi connectivity index (χ0) is 11.4. The number of rotatable bonds is 4. The molecule has 1 nitrogen and oxygen atoms in total. The molecule has 0 amide bonds. The van der Waals surface area contributed by atoms with Crippen molar-refractivity contribution in [3.63, 3.8) is 0 Å². The molecule has 0 heterocycles. The first-order chi connectivity index (χ1) is 7.75. The monoisotopic (exact) mass is 236 g/mol. The molecule has 2 heteroatoms. The highest BCUT2D eigenvalue weighted by Crippen LogP contribution is 2.28. The molecule has 0 bridgehead atoms. The van der Waals surface area contributed by atoms with Gasteiger partial charge >= 0.3 is 0 Å². The molecule has 2 rings (SSSR count). The molecule has 0 aliphatic heterocycles. The van der Waals surface area contributed by atoms with Gasteiger partial charge in [0.15, 0.2) is 0 Å². The second-order valence-electron chi connectivity index (χ2n) is 4.66. The molecule has 1 aliphatic carbocycles. The predicted octanol–water partition coefficient (Wildman–Crippen LogP) is 4.03. The van der Waals surface area contributed by atoms with Gasteiger partial charge in [0.25, 0.3) is 0 Å². The molecule has 1 saturated carbocycles. The van der Waals surface area contributed by atoms with Gasteiger partial charge in [-0.25, -0.2) is 0 Å². The molecule has 0 atom stereocenters. The molecule has 86 valence electrons. The lowest BCUT2D eigenvalue weighted by atomic mass is 9.97. The minimum atomic E-state index is 0.333. The Morgan fingerprint density at radius 1 is 1.25 bits per heavy atom. The van der Waals surface area contributed by atoms with Crippen molar-refractivity contribution in [3.05, 3.63) is 34.9 Å². The maximum absolute atomic E-state index is 11.9. The third-order valence-corrected chi connectivity index (χ3v) is 3.71. The molecular formula is C14H17ClO. The van der Waals surface area contributed by atoms with Crippen LogP contribution < -0.4 is 0 Å². The first-order valence-electron chi connectivity index (χ1n) is 6.01. The van der Waals surface area contributed by atoms with Crippen molar-refractivity contribution in [1.82, 2.24) is 0 Å². The van der Waals surface area contributed by atoms with Crippen molar-refractivity contribution in [2.75, 3.05) is 0 Å². The largest absolute Gasteiger partial charge is 0.299 e. The van der Waals surface area contributed by atoms with Gasteiger partial charge in [-0.1, -0.05) is 55.5 Å². The summed E-state index contributed by atoms with van der Waals surface area (Å²) in [5.74, 6) is 0.968. The quantitative estimate of drug-likeness (QED) is 0.772. The summed E-state index contributed by atoms with van der Waals surface area (Å²) in [6.45, 7) is 0. The van der Waals surface area contributed by atoms with Crippen molar-refractivity contribution >= 4 is 17.4 Å². The van der Waals surface area contributed by atoms with Crippen LogP contribution in [0.1, 0.15) is 37.7 Å². The van der Waals surface area contributed by atoms with Crippen molar-refractivity contribution in [2.24, 2.45) is 5.92 Å². The normalized spacial score (nSPS) is 16.6. The summed E-state index contributed by atoms with van der Waals surface area (Å²) in [6.07, 6.45) is 6.29. The number of carbonyl (C=O) groups is 1. The minimum Gasteiger partial charge on any atom is -0.299 e. The van der Waals surface area contributed by atoms with E-state index < -0.39 is 0 Å². The highest BCUT2D eigenvalue weighted by Gasteiger charge is 2.18.